The van der Waals surface area contributed by atoms with Gasteiger partial charge in [0.15, 0.2) is 0 Å². The van der Waals surface area contributed by atoms with Crippen LogP contribution in [0.1, 0.15) is 5.56 Å². The van der Waals surface area contributed by atoms with Gasteiger partial charge in [0.05, 0.1) is 0 Å². The van der Waals surface area contributed by atoms with E-state index < -0.39 is 0 Å². The highest BCUT2D eigenvalue weighted by atomic mass is 32.2. The van der Waals surface area contributed by atoms with Crippen molar-refractivity contribution in [3.05, 3.63) is 29.8 Å². The van der Waals surface area contributed by atoms with E-state index in [0.717, 1.165) is 26.1 Å². The van der Waals surface area contributed by atoms with Crippen LogP contribution in [0.4, 0.5) is 0 Å². The maximum absolute atomic E-state index is 3.40. The second kappa shape index (κ2) is 7.74. The molecular formula is C12H20N2S. The maximum Gasteiger partial charge on any atom is 0.00767 e. The summed E-state index contributed by atoms with van der Waals surface area (Å²) in [5, 5.41) is 6.51. The third-order valence-electron chi connectivity index (χ3n) is 2.30. The molecule has 1 aromatic carbocycles. The number of hydrogen-bond acceptors (Lipinski definition) is 3. The molecule has 0 unspecified atom stereocenters. The van der Waals surface area contributed by atoms with E-state index in [4.69, 9.17) is 0 Å². The zero-order valence-electron chi connectivity index (χ0n) is 9.55. The predicted octanol–water partition coefficient (Wildman–Crippen LogP) is 1.76. The Morgan fingerprint density at radius 1 is 1.07 bits per heavy atom. The predicted molar refractivity (Wildman–Crippen MR) is 68.7 cm³/mol. The van der Waals surface area contributed by atoms with Gasteiger partial charge in [-0.15, -0.1) is 11.8 Å². The average molecular weight is 224 g/mol. The smallest absolute Gasteiger partial charge is 0.00767 e. The molecule has 1 rings (SSSR count). The van der Waals surface area contributed by atoms with E-state index in [-0.39, 0.29) is 0 Å². The van der Waals surface area contributed by atoms with Crippen molar-refractivity contribution in [3.8, 4) is 0 Å². The summed E-state index contributed by atoms with van der Waals surface area (Å²) in [6, 6.07) is 8.80. The number of rotatable bonds is 7. The minimum atomic E-state index is 1.03. The third-order valence-corrected chi connectivity index (χ3v) is 3.04. The standard InChI is InChI=1S/C12H20N2S/c1-13-9-10-14-8-7-11-3-5-12(15-2)6-4-11/h3-6,13-14H,7-10H2,1-2H3. The molecule has 0 aliphatic carbocycles. The van der Waals surface area contributed by atoms with Crippen LogP contribution in [0, 0.1) is 0 Å². The molecule has 3 heteroatoms. The Labute approximate surface area is 96.8 Å². The Hall–Kier alpha value is -0.510. The molecule has 0 atom stereocenters. The normalized spacial score (nSPS) is 10.5. The molecule has 0 bridgehead atoms. The summed E-state index contributed by atoms with van der Waals surface area (Å²) >= 11 is 1.79. The van der Waals surface area contributed by atoms with Gasteiger partial charge in [-0.05, 0) is 44.0 Å². The van der Waals surface area contributed by atoms with Crippen molar-refractivity contribution in [3.63, 3.8) is 0 Å². The first-order valence-electron chi connectivity index (χ1n) is 5.35. The Balaban J connectivity index is 2.20. The summed E-state index contributed by atoms with van der Waals surface area (Å²) in [6.45, 7) is 3.13. The molecule has 0 aromatic heterocycles. The molecule has 1 aromatic rings. The average Bonchev–Trinajstić information content (AvgIpc) is 2.30. The molecule has 2 N–H and O–H groups in total. The van der Waals surface area contributed by atoms with Gasteiger partial charge in [0.2, 0.25) is 0 Å². The van der Waals surface area contributed by atoms with E-state index in [0.29, 0.717) is 0 Å². The largest absolute Gasteiger partial charge is 0.318 e. The SMILES string of the molecule is CNCCNCCc1ccc(SC)cc1. The monoisotopic (exact) mass is 224 g/mol. The first-order chi connectivity index (χ1) is 7.36. The molecule has 15 heavy (non-hydrogen) atoms. The quantitative estimate of drug-likeness (QED) is 0.545. The minimum Gasteiger partial charge on any atom is -0.318 e. The number of benzene rings is 1. The highest BCUT2D eigenvalue weighted by Crippen LogP contribution is 2.14. The van der Waals surface area contributed by atoms with Crippen molar-refractivity contribution in [2.45, 2.75) is 11.3 Å². The van der Waals surface area contributed by atoms with E-state index in [1.54, 1.807) is 11.8 Å². The van der Waals surface area contributed by atoms with E-state index in [1.165, 1.54) is 10.5 Å². The lowest BCUT2D eigenvalue weighted by Gasteiger charge is -2.05. The van der Waals surface area contributed by atoms with Crippen LogP contribution in [0.5, 0.6) is 0 Å². The van der Waals surface area contributed by atoms with Crippen LogP contribution < -0.4 is 10.6 Å². The fourth-order valence-corrected chi connectivity index (χ4v) is 1.77. The van der Waals surface area contributed by atoms with Crippen LogP contribution in [0.25, 0.3) is 0 Å². The summed E-state index contributed by atoms with van der Waals surface area (Å²) < 4.78 is 0. The molecule has 84 valence electrons. The van der Waals surface area contributed by atoms with Gasteiger partial charge in [-0.2, -0.15) is 0 Å². The van der Waals surface area contributed by atoms with Crippen LogP contribution in [0.3, 0.4) is 0 Å². The molecular weight excluding hydrogens is 204 g/mol. The van der Waals surface area contributed by atoms with Crippen LogP contribution in [-0.4, -0.2) is 32.9 Å². The summed E-state index contributed by atoms with van der Waals surface area (Å²) in [4.78, 5) is 1.34. The van der Waals surface area contributed by atoms with Crippen LogP contribution >= 0.6 is 11.8 Å². The van der Waals surface area contributed by atoms with E-state index in [2.05, 4.69) is 41.2 Å². The van der Waals surface area contributed by atoms with Gasteiger partial charge < -0.3 is 10.6 Å². The third kappa shape index (κ3) is 5.21. The van der Waals surface area contributed by atoms with Crippen molar-refractivity contribution in [1.29, 1.82) is 0 Å². The molecule has 0 spiro atoms. The first-order valence-corrected chi connectivity index (χ1v) is 6.57. The molecule has 2 nitrogen and oxygen atoms in total. The number of nitrogens with one attached hydrogen (secondary N) is 2. The Bertz CT molecular complexity index is 259. The molecule has 0 radical (unpaired) electrons. The molecule has 0 saturated carbocycles. The summed E-state index contributed by atoms with van der Waals surface area (Å²) in [6.07, 6.45) is 3.21. The zero-order chi connectivity index (χ0) is 10.9. The lowest BCUT2D eigenvalue weighted by atomic mass is 10.1. The van der Waals surface area contributed by atoms with Gasteiger partial charge in [-0.1, -0.05) is 12.1 Å². The molecule has 0 saturated heterocycles. The van der Waals surface area contributed by atoms with Gasteiger partial charge >= 0.3 is 0 Å². The van der Waals surface area contributed by atoms with Crippen molar-refractivity contribution in [2.24, 2.45) is 0 Å². The highest BCUT2D eigenvalue weighted by Gasteiger charge is 1.93. The van der Waals surface area contributed by atoms with Gasteiger partial charge in [-0.25, -0.2) is 0 Å². The summed E-state index contributed by atoms with van der Waals surface area (Å²) in [5.74, 6) is 0. The van der Waals surface area contributed by atoms with Crippen molar-refractivity contribution in [2.75, 3.05) is 32.9 Å². The number of thioether (sulfide) groups is 1. The molecule has 0 aliphatic heterocycles. The summed E-state index contributed by atoms with van der Waals surface area (Å²) in [7, 11) is 1.98. The van der Waals surface area contributed by atoms with E-state index in [1.807, 2.05) is 7.05 Å². The van der Waals surface area contributed by atoms with Crippen molar-refractivity contribution < 1.29 is 0 Å². The Kier molecular flexibility index (Phi) is 6.48. The van der Waals surface area contributed by atoms with Gasteiger partial charge in [0.1, 0.15) is 0 Å². The van der Waals surface area contributed by atoms with Crippen molar-refractivity contribution in [1.82, 2.24) is 10.6 Å². The van der Waals surface area contributed by atoms with Crippen LogP contribution in [0.2, 0.25) is 0 Å². The molecule has 0 fully saturated rings. The van der Waals surface area contributed by atoms with Gasteiger partial charge in [-0.3, -0.25) is 0 Å². The van der Waals surface area contributed by atoms with Gasteiger partial charge in [0.25, 0.3) is 0 Å². The zero-order valence-corrected chi connectivity index (χ0v) is 10.4. The lowest BCUT2D eigenvalue weighted by Crippen LogP contribution is -2.26. The topological polar surface area (TPSA) is 24.1 Å². The van der Waals surface area contributed by atoms with E-state index in [9.17, 15) is 0 Å². The Morgan fingerprint density at radius 2 is 1.80 bits per heavy atom. The van der Waals surface area contributed by atoms with Crippen molar-refractivity contribution >= 4 is 11.8 Å². The maximum atomic E-state index is 3.40. The number of likely N-dealkylation sites (N-methyl/N-ethyl adjacent to an activating group) is 1. The van der Waals surface area contributed by atoms with Crippen LogP contribution in [-0.2, 0) is 6.42 Å². The fourth-order valence-electron chi connectivity index (χ4n) is 1.36. The highest BCUT2D eigenvalue weighted by molar-refractivity contribution is 7.98. The molecule has 0 aliphatic rings. The van der Waals surface area contributed by atoms with Gasteiger partial charge in [0, 0.05) is 18.0 Å². The van der Waals surface area contributed by atoms with E-state index >= 15 is 0 Å². The second-order valence-corrected chi connectivity index (χ2v) is 4.33. The fraction of sp³-hybridized carbons (Fsp3) is 0.500. The molecule has 0 heterocycles. The lowest BCUT2D eigenvalue weighted by molar-refractivity contribution is 0.649. The number of hydrogen-bond donors (Lipinski definition) is 2. The first kappa shape index (κ1) is 12.6. The molecule has 0 amide bonds. The second-order valence-electron chi connectivity index (χ2n) is 3.45. The summed E-state index contributed by atoms with van der Waals surface area (Å²) in [5.41, 5.74) is 1.41. The Morgan fingerprint density at radius 3 is 2.40 bits per heavy atom. The van der Waals surface area contributed by atoms with Crippen LogP contribution in [0.15, 0.2) is 29.2 Å². The minimum absolute atomic E-state index is 1.03.